The van der Waals surface area contributed by atoms with Gasteiger partial charge < -0.3 is 15.4 Å². The van der Waals surface area contributed by atoms with Gasteiger partial charge in [-0.3, -0.25) is 0 Å². The summed E-state index contributed by atoms with van der Waals surface area (Å²) in [6, 6.07) is 4.09. The predicted molar refractivity (Wildman–Crippen MR) is 90.1 cm³/mol. The Morgan fingerprint density at radius 2 is 1.95 bits per heavy atom. The van der Waals surface area contributed by atoms with E-state index in [4.69, 9.17) is 10.5 Å². The minimum absolute atomic E-state index is 0.206. The van der Waals surface area contributed by atoms with Crippen molar-refractivity contribution in [3.8, 4) is 0 Å². The molecule has 1 fully saturated rings. The number of amides is 1. The van der Waals surface area contributed by atoms with Gasteiger partial charge in [0, 0.05) is 24.7 Å². The number of nitrogens with two attached hydrogens (primary N) is 1. The number of likely N-dealkylation sites (tertiary alicyclic amines) is 1. The minimum atomic E-state index is -0.447. The van der Waals surface area contributed by atoms with Crippen molar-refractivity contribution in [2.75, 3.05) is 18.8 Å². The first-order chi connectivity index (χ1) is 10.2. The van der Waals surface area contributed by atoms with Gasteiger partial charge in [0.15, 0.2) is 0 Å². The third-order valence-electron chi connectivity index (χ3n) is 4.38. The molecule has 4 heteroatoms. The quantitative estimate of drug-likeness (QED) is 0.798. The Kier molecular flexibility index (Phi) is 4.69. The summed E-state index contributed by atoms with van der Waals surface area (Å²) in [7, 11) is 0. The number of piperidine rings is 1. The molecule has 4 nitrogen and oxygen atoms in total. The number of nitrogens with zero attached hydrogens (tertiary/aromatic N) is 1. The summed E-state index contributed by atoms with van der Waals surface area (Å²) in [5.74, 6) is 0.362. The molecular formula is C18H28N2O2. The number of rotatable bonds is 1. The number of anilines is 1. The van der Waals surface area contributed by atoms with Crippen molar-refractivity contribution in [1.82, 2.24) is 4.90 Å². The molecule has 0 aliphatic carbocycles. The molecule has 0 bridgehead atoms. The van der Waals surface area contributed by atoms with Crippen molar-refractivity contribution in [3.63, 3.8) is 0 Å². The van der Waals surface area contributed by atoms with Gasteiger partial charge in [-0.15, -0.1) is 0 Å². The highest BCUT2D eigenvalue weighted by molar-refractivity contribution is 5.68. The van der Waals surface area contributed by atoms with E-state index in [1.54, 1.807) is 0 Å². The lowest BCUT2D eigenvalue weighted by molar-refractivity contribution is 0.0198. The van der Waals surface area contributed by atoms with Crippen LogP contribution < -0.4 is 5.73 Å². The number of hydrogen-bond donors (Lipinski definition) is 1. The Morgan fingerprint density at radius 3 is 2.59 bits per heavy atom. The first kappa shape index (κ1) is 16.7. The minimum Gasteiger partial charge on any atom is -0.444 e. The SMILES string of the molecule is Cc1c(N)ccc([C@H]2CCCN(C(=O)OC(C)(C)C)C2)c1C. The van der Waals surface area contributed by atoms with Crippen LogP contribution >= 0.6 is 0 Å². The lowest BCUT2D eigenvalue weighted by atomic mass is 9.86. The van der Waals surface area contributed by atoms with Crippen LogP contribution in [0.2, 0.25) is 0 Å². The molecule has 0 unspecified atom stereocenters. The van der Waals surface area contributed by atoms with E-state index >= 15 is 0 Å². The topological polar surface area (TPSA) is 55.6 Å². The second-order valence-corrected chi connectivity index (χ2v) is 7.26. The van der Waals surface area contributed by atoms with Crippen LogP contribution in [-0.2, 0) is 4.74 Å². The van der Waals surface area contributed by atoms with Crippen molar-refractivity contribution in [1.29, 1.82) is 0 Å². The number of benzene rings is 1. The van der Waals surface area contributed by atoms with E-state index in [0.29, 0.717) is 5.92 Å². The first-order valence-corrected chi connectivity index (χ1v) is 8.02. The number of carbonyl (C=O) groups is 1. The highest BCUT2D eigenvalue weighted by atomic mass is 16.6. The number of ether oxygens (including phenoxy) is 1. The standard InChI is InChI=1S/C18H28N2O2/c1-12-13(2)16(19)9-8-15(12)14-7-6-10-20(11-14)17(21)22-18(3,4)5/h8-9,14H,6-7,10-11,19H2,1-5H3/t14-/m0/s1. The van der Waals surface area contributed by atoms with Crippen LogP contribution in [0.3, 0.4) is 0 Å². The Morgan fingerprint density at radius 1 is 1.27 bits per heavy atom. The molecule has 1 aliphatic rings. The van der Waals surface area contributed by atoms with Crippen LogP contribution in [0.25, 0.3) is 0 Å². The van der Waals surface area contributed by atoms with Gasteiger partial charge in [0.1, 0.15) is 5.60 Å². The van der Waals surface area contributed by atoms with Crippen LogP contribution in [0.4, 0.5) is 10.5 Å². The molecule has 0 saturated carbocycles. The van der Waals surface area contributed by atoms with E-state index in [0.717, 1.165) is 37.2 Å². The van der Waals surface area contributed by atoms with E-state index in [1.165, 1.54) is 11.1 Å². The molecule has 122 valence electrons. The second kappa shape index (κ2) is 6.19. The molecule has 2 N–H and O–H groups in total. The van der Waals surface area contributed by atoms with Crippen molar-refractivity contribution in [3.05, 3.63) is 28.8 Å². The summed E-state index contributed by atoms with van der Waals surface area (Å²) < 4.78 is 5.50. The zero-order valence-electron chi connectivity index (χ0n) is 14.4. The van der Waals surface area contributed by atoms with E-state index in [2.05, 4.69) is 19.9 Å². The Labute approximate surface area is 133 Å². The van der Waals surface area contributed by atoms with Gasteiger partial charge in [0.05, 0.1) is 0 Å². The van der Waals surface area contributed by atoms with Crippen molar-refractivity contribution in [2.45, 2.75) is 59.0 Å². The van der Waals surface area contributed by atoms with Crippen molar-refractivity contribution >= 4 is 11.8 Å². The molecule has 1 aliphatic heterocycles. The van der Waals surface area contributed by atoms with Gasteiger partial charge in [-0.25, -0.2) is 4.79 Å². The predicted octanol–water partition coefficient (Wildman–Crippen LogP) is 4.00. The molecule has 1 aromatic carbocycles. The van der Waals surface area contributed by atoms with Crippen molar-refractivity contribution < 1.29 is 9.53 Å². The fourth-order valence-corrected chi connectivity index (χ4v) is 3.03. The fraction of sp³-hybridized carbons (Fsp3) is 0.611. The highest BCUT2D eigenvalue weighted by Crippen LogP contribution is 2.32. The second-order valence-electron chi connectivity index (χ2n) is 7.26. The van der Waals surface area contributed by atoms with Crippen LogP contribution in [-0.4, -0.2) is 29.7 Å². The third kappa shape index (κ3) is 3.73. The molecule has 1 heterocycles. The molecule has 1 saturated heterocycles. The van der Waals surface area contributed by atoms with Gasteiger partial charge >= 0.3 is 6.09 Å². The molecule has 2 rings (SSSR count). The normalized spacial score (nSPS) is 19.1. The molecule has 22 heavy (non-hydrogen) atoms. The number of carbonyl (C=O) groups excluding carboxylic acids is 1. The average molecular weight is 304 g/mol. The Bertz CT molecular complexity index is 561. The summed E-state index contributed by atoms with van der Waals surface area (Å²) >= 11 is 0. The molecular weight excluding hydrogens is 276 g/mol. The molecule has 1 atom stereocenters. The van der Waals surface area contributed by atoms with Crippen LogP contribution in [0.15, 0.2) is 12.1 Å². The molecule has 1 aromatic rings. The molecule has 0 spiro atoms. The van der Waals surface area contributed by atoms with Gasteiger partial charge in [-0.2, -0.15) is 0 Å². The van der Waals surface area contributed by atoms with Crippen molar-refractivity contribution in [2.24, 2.45) is 0 Å². The third-order valence-corrected chi connectivity index (χ3v) is 4.38. The lowest BCUT2D eigenvalue weighted by Gasteiger charge is -2.35. The summed E-state index contributed by atoms with van der Waals surface area (Å²) in [6.45, 7) is 11.4. The maximum atomic E-state index is 12.3. The average Bonchev–Trinajstić information content (AvgIpc) is 2.43. The summed E-state index contributed by atoms with van der Waals surface area (Å²) in [5.41, 5.74) is 10.1. The maximum absolute atomic E-state index is 12.3. The maximum Gasteiger partial charge on any atom is 0.410 e. The lowest BCUT2D eigenvalue weighted by Crippen LogP contribution is -2.42. The zero-order valence-corrected chi connectivity index (χ0v) is 14.4. The Hall–Kier alpha value is -1.71. The van der Waals surface area contributed by atoms with Crippen LogP contribution in [0.1, 0.15) is 56.2 Å². The van der Waals surface area contributed by atoms with Crippen LogP contribution in [0.5, 0.6) is 0 Å². The van der Waals surface area contributed by atoms with Crippen LogP contribution in [0, 0.1) is 13.8 Å². The molecule has 0 aromatic heterocycles. The first-order valence-electron chi connectivity index (χ1n) is 8.02. The van der Waals surface area contributed by atoms with E-state index in [-0.39, 0.29) is 6.09 Å². The molecule has 1 amide bonds. The zero-order chi connectivity index (χ0) is 16.5. The fourth-order valence-electron chi connectivity index (χ4n) is 3.03. The van der Waals surface area contributed by atoms with Gasteiger partial charge in [-0.05, 0) is 70.2 Å². The summed E-state index contributed by atoms with van der Waals surface area (Å²) in [6.07, 6.45) is 1.90. The highest BCUT2D eigenvalue weighted by Gasteiger charge is 2.29. The number of hydrogen-bond acceptors (Lipinski definition) is 3. The summed E-state index contributed by atoms with van der Waals surface area (Å²) in [5, 5.41) is 0. The van der Waals surface area contributed by atoms with E-state index in [9.17, 15) is 4.79 Å². The van der Waals surface area contributed by atoms with Gasteiger partial charge in [0.25, 0.3) is 0 Å². The smallest absolute Gasteiger partial charge is 0.410 e. The van der Waals surface area contributed by atoms with E-state index < -0.39 is 5.60 Å². The monoisotopic (exact) mass is 304 g/mol. The summed E-state index contributed by atoms with van der Waals surface area (Å²) in [4.78, 5) is 14.1. The van der Waals surface area contributed by atoms with Gasteiger partial charge in [-0.1, -0.05) is 6.07 Å². The van der Waals surface area contributed by atoms with Gasteiger partial charge in [0.2, 0.25) is 0 Å². The Balaban J connectivity index is 2.14. The largest absolute Gasteiger partial charge is 0.444 e. The molecule has 0 radical (unpaired) electrons. The number of nitrogen functional groups attached to an aromatic ring is 1. The van der Waals surface area contributed by atoms with E-state index in [1.807, 2.05) is 31.7 Å².